The Hall–Kier alpha value is -2.16. The number of aryl methyl sites for hydroxylation is 1. The zero-order valence-corrected chi connectivity index (χ0v) is 19.0. The van der Waals surface area contributed by atoms with Crippen molar-refractivity contribution in [2.24, 2.45) is 13.0 Å². The van der Waals surface area contributed by atoms with Gasteiger partial charge in [-0.1, -0.05) is 30.3 Å². The molecule has 1 aromatic carbocycles. The molecule has 1 N–H and O–H groups in total. The molecule has 1 atom stereocenters. The summed E-state index contributed by atoms with van der Waals surface area (Å²) in [5.74, 6) is 2.63. The minimum absolute atomic E-state index is 0.0255. The number of thiophene rings is 1. The number of thioether (sulfide) groups is 1. The quantitative estimate of drug-likeness (QED) is 0.443. The molecule has 30 heavy (non-hydrogen) atoms. The van der Waals surface area contributed by atoms with Gasteiger partial charge in [-0.15, -0.1) is 21.5 Å². The number of nitrogens with zero attached hydrogens (tertiary/aromatic N) is 4. The second kappa shape index (κ2) is 7.83. The molecule has 9 heteroatoms. The maximum atomic E-state index is 12.8. The Labute approximate surface area is 186 Å². The van der Waals surface area contributed by atoms with Crippen LogP contribution in [0.25, 0.3) is 21.6 Å². The summed E-state index contributed by atoms with van der Waals surface area (Å²) >= 11 is 9.16. The number of benzene rings is 1. The van der Waals surface area contributed by atoms with Crippen LogP contribution in [-0.2, 0) is 25.6 Å². The van der Waals surface area contributed by atoms with Gasteiger partial charge in [0.2, 0.25) is 0 Å². The van der Waals surface area contributed by atoms with Gasteiger partial charge in [0.25, 0.3) is 5.56 Å². The summed E-state index contributed by atoms with van der Waals surface area (Å²) in [6.45, 7) is 2.27. The highest BCUT2D eigenvalue weighted by atomic mass is 35.5. The molecule has 1 aliphatic carbocycles. The number of nitrogens with one attached hydrogen (secondary N) is 1. The van der Waals surface area contributed by atoms with Crippen molar-refractivity contribution in [3.05, 3.63) is 55.9 Å². The van der Waals surface area contributed by atoms with E-state index in [4.69, 9.17) is 16.6 Å². The van der Waals surface area contributed by atoms with E-state index < -0.39 is 0 Å². The van der Waals surface area contributed by atoms with Crippen molar-refractivity contribution < 1.29 is 0 Å². The molecule has 3 aromatic heterocycles. The highest BCUT2D eigenvalue weighted by Crippen LogP contribution is 2.36. The molecule has 3 heterocycles. The second-order valence-electron chi connectivity index (χ2n) is 7.71. The fourth-order valence-electron chi connectivity index (χ4n) is 3.89. The van der Waals surface area contributed by atoms with Gasteiger partial charge >= 0.3 is 0 Å². The van der Waals surface area contributed by atoms with Crippen LogP contribution < -0.4 is 5.56 Å². The van der Waals surface area contributed by atoms with Crippen molar-refractivity contribution in [1.29, 1.82) is 0 Å². The van der Waals surface area contributed by atoms with Gasteiger partial charge in [0.15, 0.2) is 11.0 Å². The first-order valence-electron chi connectivity index (χ1n) is 9.81. The van der Waals surface area contributed by atoms with Crippen LogP contribution in [0.1, 0.15) is 29.6 Å². The Morgan fingerprint density at radius 2 is 2.10 bits per heavy atom. The topological polar surface area (TPSA) is 76.5 Å². The molecule has 0 radical (unpaired) electrons. The first kappa shape index (κ1) is 19.8. The Kier molecular flexibility index (Phi) is 5.16. The van der Waals surface area contributed by atoms with Crippen molar-refractivity contribution in [1.82, 2.24) is 24.7 Å². The summed E-state index contributed by atoms with van der Waals surface area (Å²) in [7, 11) is 1.93. The van der Waals surface area contributed by atoms with Crippen LogP contribution >= 0.6 is 34.7 Å². The highest BCUT2D eigenvalue weighted by Gasteiger charge is 2.23. The van der Waals surface area contributed by atoms with Crippen molar-refractivity contribution in [3.8, 4) is 11.4 Å². The van der Waals surface area contributed by atoms with Crippen molar-refractivity contribution >= 4 is 44.9 Å². The summed E-state index contributed by atoms with van der Waals surface area (Å²) in [6, 6.07) is 7.52. The smallest absolute Gasteiger partial charge is 0.259 e. The summed E-state index contributed by atoms with van der Waals surface area (Å²) < 4.78 is 1.94. The highest BCUT2D eigenvalue weighted by molar-refractivity contribution is 7.98. The van der Waals surface area contributed by atoms with Crippen LogP contribution in [0.5, 0.6) is 0 Å². The lowest BCUT2D eigenvalue weighted by molar-refractivity contribution is 0.509. The molecule has 0 saturated carbocycles. The number of aromatic amines is 1. The van der Waals surface area contributed by atoms with Crippen LogP contribution in [0.2, 0.25) is 5.02 Å². The van der Waals surface area contributed by atoms with Gasteiger partial charge in [0.05, 0.1) is 11.1 Å². The molecular weight excluding hydrogens is 438 g/mol. The fourth-order valence-corrected chi connectivity index (χ4v) is 6.20. The maximum Gasteiger partial charge on any atom is 0.259 e. The zero-order valence-electron chi connectivity index (χ0n) is 16.6. The monoisotopic (exact) mass is 457 g/mol. The van der Waals surface area contributed by atoms with Gasteiger partial charge in [0, 0.05) is 22.5 Å². The first-order chi connectivity index (χ1) is 14.5. The van der Waals surface area contributed by atoms with E-state index in [1.165, 1.54) is 22.2 Å². The number of rotatable bonds is 4. The maximum absolute atomic E-state index is 12.8. The normalized spacial score (nSPS) is 16.2. The predicted octanol–water partition coefficient (Wildman–Crippen LogP) is 4.85. The van der Waals surface area contributed by atoms with Gasteiger partial charge in [0.1, 0.15) is 10.7 Å². The number of H-pyrrole nitrogens is 1. The molecule has 0 fully saturated rings. The van der Waals surface area contributed by atoms with Crippen LogP contribution in [0.4, 0.5) is 0 Å². The van der Waals surface area contributed by atoms with Gasteiger partial charge in [-0.25, -0.2) is 4.98 Å². The zero-order chi connectivity index (χ0) is 20.8. The van der Waals surface area contributed by atoms with Crippen molar-refractivity contribution in [2.45, 2.75) is 37.1 Å². The summed E-state index contributed by atoms with van der Waals surface area (Å²) in [4.78, 5) is 22.7. The Bertz CT molecular complexity index is 1290. The lowest BCUT2D eigenvalue weighted by Gasteiger charge is -2.17. The van der Waals surface area contributed by atoms with Crippen molar-refractivity contribution in [3.63, 3.8) is 0 Å². The van der Waals surface area contributed by atoms with Gasteiger partial charge in [-0.05, 0) is 55.0 Å². The number of hydrogen-bond acceptors (Lipinski definition) is 6. The van der Waals surface area contributed by atoms with E-state index in [0.29, 0.717) is 22.5 Å². The van der Waals surface area contributed by atoms with Gasteiger partial charge in [-0.2, -0.15) is 0 Å². The van der Waals surface area contributed by atoms with E-state index in [2.05, 4.69) is 22.1 Å². The predicted molar refractivity (Wildman–Crippen MR) is 122 cm³/mol. The first-order valence-corrected chi connectivity index (χ1v) is 12.0. The fraction of sp³-hybridized carbons (Fsp3) is 0.333. The molecule has 154 valence electrons. The molecule has 5 rings (SSSR count). The van der Waals surface area contributed by atoms with E-state index in [9.17, 15) is 4.79 Å². The molecule has 0 saturated heterocycles. The van der Waals surface area contributed by atoms with Gasteiger partial charge in [-0.3, -0.25) is 4.79 Å². The molecule has 6 nitrogen and oxygen atoms in total. The average Bonchev–Trinajstić information content (AvgIpc) is 3.27. The Morgan fingerprint density at radius 3 is 2.90 bits per heavy atom. The van der Waals surface area contributed by atoms with Crippen LogP contribution in [-0.4, -0.2) is 24.7 Å². The third-order valence-electron chi connectivity index (χ3n) is 5.49. The Balaban J connectivity index is 1.39. The molecule has 1 aliphatic rings. The largest absolute Gasteiger partial charge is 0.309 e. The molecular formula is C21H20ClN5OS2. The SMILES string of the molecule is CC1CCc2c(sc3nc(CSc4nnc(-c5ccc(Cl)cc5)n4C)[nH]c(=O)c23)C1. The summed E-state index contributed by atoms with van der Waals surface area (Å²) in [6.07, 6.45) is 3.16. The summed E-state index contributed by atoms with van der Waals surface area (Å²) in [5.41, 5.74) is 2.14. The number of hydrogen-bond donors (Lipinski definition) is 1. The minimum atomic E-state index is -0.0255. The van der Waals surface area contributed by atoms with Crippen molar-refractivity contribution in [2.75, 3.05) is 0 Å². The average molecular weight is 458 g/mol. The van der Waals surface area contributed by atoms with Crippen LogP contribution in [0, 0.1) is 5.92 Å². The summed E-state index contributed by atoms with van der Waals surface area (Å²) in [5, 5.41) is 10.8. The lowest BCUT2D eigenvalue weighted by atomic mass is 9.89. The van der Waals surface area contributed by atoms with Crippen LogP contribution in [0.3, 0.4) is 0 Å². The number of aromatic nitrogens is 5. The molecule has 1 unspecified atom stereocenters. The van der Waals surface area contributed by atoms with E-state index in [0.717, 1.165) is 46.0 Å². The Morgan fingerprint density at radius 1 is 1.30 bits per heavy atom. The standard InChI is InChI=1S/C21H20ClN5OS2/c1-11-3-8-14-15(9-11)30-20-17(14)19(28)23-16(24-20)10-29-21-26-25-18(27(21)2)12-4-6-13(22)7-5-12/h4-7,11H,3,8-10H2,1-2H3,(H,23,24,28). The molecule has 4 aromatic rings. The van der Waals surface area contributed by atoms with E-state index in [1.807, 2.05) is 35.9 Å². The van der Waals surface area contributed by atoms with Gasteiger partial charge < -0.3 is 9.55 Å². The second-order valence-corrected chi connectivity index (χ2v) is 10.2. The minimum Gasteiger partial charge on any atom is -0.309 e. The van der Waals surface area contributed by atoms with E-state index >= 15 is 0 Å². The molecule has 0 spiro atoms. The molecule has 0 bridgehead atoms. The third-order valence-corrected chi connectivity index (χ3v) is 7.92. The lowest BCUT2D eigenvalue weighted by Crippen LogP contribution is -2.14. The van der Waals surface area contributed by atoms with Crippen LogP contribution in [0.15, 0.2) is 34.2 Å². The van der Waals surface area contributed by atoms with E-state index in [-0.39, 0.29) is 5.56 Å². The number of fused-ring (bicyclic) bond motifs is 3. The molecule has 0 amide bonds. The van der Waals surface area contributed by atoms with E-state index in [1.54, 1.807) is 11.3 Å². The third kappa shape index (κ3) is 3.57. The number of halogens is 1. The molecule has 0 aliphatic heterocycles.